The highest BCUT2D eigenvalue weighted by molar-refractivity contribution is 5.70. The van der Waals surface area contributed by atoms with Gasteiger partial charge in [0.05, 0.1) is 12.6 Å². The van der Waals surface area contributed by atoms with Crippen LogP contribution < -0.4 is 5.56 Å². The number of ether oxygens (including phenoxy) is 1. The second-order valence-electron chi connectivity index (χ2n) is 6.76. The highest BCUT2D eigenvalue weighted by Gasteiger charge is 2.36. The maximum Gasteiger partial charge on any atom is 0.411 e. The third-order valence-corrected chi connectivity index (χ3v) is 4.14. The zero-order valence-electron chi connectivity index (χ0n) is 13.9. The topological polar surface area (TPSA) is 51.5 Å². The van der Waals surface area contributed by atoms with Crippen LogP contribution in [0.25, 0.3) is 0 Å². The second-order valence-corrected chi connectivity index (χ2v) is 6.76. The summed E-state index contributed by atoms with van der Waals surface area (Å²) in [5.74, 6) is 0. The molecule has 116 valence electrons. The van der Waals surface area contributed by atoms with Crippen LogP contribution in [0.3, 0.4) is 0 Å². The number of aromatic nitrogens is 1. The first-order chi connectivity index (χ1) is 9.54. The summed E-state index contributed by atoms with van der Waals surface area (Å²) in [4.78, 5) is 26.2. The number of nitrogens with zero attached hydrogens (tertiary/aromatic N) is 2. The molecule has 5 nitrogen and oxygen atoms in total. The zero-order chi connectivity index (χ0) is 16.1. The second kappa shape index (κ2) is 4.90. The lowest BCUT2D eigenvalue weighted by molar-refractivity contribution is 0.0185. The van der Waals surface area contributed by atoms with E-state index in [1.807, 2.05) is 41.5 Å². The van der Waals surface area contributed by atoms with Crippen molar-refractivity contribution in [3.05, 3.63) is 32.7 Å². The predicted octanol–water partition coefficient (Wildman–Crippen LogP) is 2.81. The molecule has 1 aliphatic rings. The Hall–Kier alpha value is -1.78. The molecule has 1 atom stereocenters. The van der Waals surface area contributed by atoms with Gasteiger partial charge in [-0.3, -0.25) is 9.69 Å². The molecule has 5 heteroatoms. The van der Waals surface area contributed by atoms with Crippen LogP contribution >= 0.6 is 0 Å². The van der Waals surface area contributed by atoms with Crippen molar-refractivity contribution < 1.29 is 9.53 Å². The fourth-order valence-electron chi connectivity index (χ4n) is 2.88. The molecule has 2 heterocycles. The van der Waals surface area contributed by atoms with Gasteiger partial charge in [0.1, 0.15) is 5.60 Å². The minimum atomic E-state index is -0.525. The Balaban J connectivity index is 2.44. The lowest BCUT2D eigenvalue weighted by Crippen LogP contribution is -2.35. The standard InChI is InChI=1S/C16H24N2O3/c1-9-10(2)14(19)17(7)12-8-18(11(3)13(9)12)15(20)21-16(4,5)6/h11H,8H2,1-7H3/t11-/m1/s1. The van der Waals surface area contributed by atoms with Gasteiger partial charge in [-0.15, -0.1) is 0 Å². The highest BCUT2D eigenvalue weighted by atomic mass is 16.6. The van der Waals surface area contributed by atoms with Crippen LogP contribution in [0.1, 0.15) is 56.1 Å². The molecule has 1 amide bonds. The van der Waals surface area contributed by atoms with Crippen molar-refractivity contribution in [2.24, 2.45) is 7.05 Å². The molecule has 0 bridgehead atoms. The van der Waals surface area contributed by atoms with E-state index in [2.05, 4.69) is 0 Å². The number of rotatable bonds is 0. The highest BCUT2D eigenvalue weighted by Crippen LogP contribution is 2.36. The van der Waals surface area contributed by atoms with Crippen molar-refractivity contribution in [2.45, 2.75) is 59.7 Å². The summed E-state index contributed by atoms with van der Waals surface area (Å²) in [7, 11) is 1.76. The molecule has 1 aromatic rings. The molecule has 0 radical (unpaired) electrons. The summed E-state index contributed by atoms with van der Waals surface area (Å²) in [5.41, 5.74) is 3.18. The van der Waals surface area contributed by atoms with E-state index in [4.69, 9.17) is 4.74 Å². The molecular weight excluding hydrogens is 268 g/mol. The third kappa shape index (κ3) is 2.57. The normalized spacial score (nSPS) is 17.9. The molecule has 0 spiro atoms. The van der Waals surface area contributed by atoms with Gasteiger partial charge in [0.25, 0.3) is 5.56 Å². The van der Waals surface area contributed by atoms with Crippen LogP contribution in [0.4, 0.5) is 4.79 Å². The minimum Gasteiger partial charge on any atom is -0.444 e. The molecule has 0 N–H and O–H groups in total. The quantitative estimate of drug-likeness (QED) is 0.739. The van der Waals surface area contributed by atoms with Crippen molar-refractivity contribution in [3.63, 3.8) is 0 Å². The van der Waals surface area contributed by atoms with Crippen LogP contribution in [0.15, 0.2) is 4.79 Å². The molecule has 0 saturated carbocycles. The Morgan fingerprint density at radius 1 is 1.24 bits per heavy atom. The summed E-state index contributed by atoms with van der Waals surface area (Å²) in [6.45, 7) is 11.7. The molecule has 21 heavy (non-hydrogen) atoms. The van der Waals surface area contributed by atoms with Gasteiger partial charge in [-0.2, -0.15) is 0 Å². The van der Waals surface area contributed by atoms with Crippen LogP contribution in [-0.2, 0) is 18.3 Å². The van der Waals surface area contributed by atoms with Crippen molar-refractivity contribution in [1.82, 2.24) is 9.47 Å². The average molecular weight is 292 g/mol. The molecule has 1 aliphatic heterocycles. The van der Waals surface area contributed by atoms with Crippen LogP contribution in [0, 0.1) is 13.8 Å². The molecule has 0 aliphatic carbocycles. The summed E-state index contributed by atoms with van der Waals surface area (Å²) >= 11 is 0. The van der Waals surface area contributed by atoms with E-state index in [9.17, 15) is 9.59 Å². The molecule has 1 aromatic heterocycles. The SMILES string of the molecule is Cc1c2c(n(C)c(=O)c1C)CN(C(=O)OC(C)(C)C)[C@@H]2C. The Morgan fingerprint density at radius 3 is 2.33 bits per heavy atom. The molecule has 0 saturated heterocycles. The molecule has 0 aromatic carbocycles. The lowest BCUT2D eigenvalue weighted by Gasteiger charge is -2.27. The number of hydrogen-bond acceptors (Lipinski definition) is 3. The van der Waals surface area contributed by atoms with Gasteiger partial charge in [0.15, 0.2) is 0 Å². The van der Waals surface area contributed by atoms with Crippen molar-refractivity contribution in [3.8, 4) is 0 Å². The number of carbonyl (C=O) groups is 1. The summed E-state index contributed by atoms with van der Waals surface area (Å²) < 4.78 is 7.11. The minimum absolute atomic E-state index is 0.00416. The fourth-order valence-corrected chi connectivity index (χ4v) is 2.88. The maximum atomic E-state index is 12.3. The van der Waals surface area contributed by atoms with E-state index in [1.54, 1.807) is 16.5 Å². The summed E-state index contributed by atoms with van der Waals surface area (Å²) in [5, 5.41) is 0. The summed E-state index contributed by atoms with van der Waals surface area (Å²) in [6.07, 6.45) is -0.337. The van der Waals surface area contributed by atoms with Crippen LogP contribution in [0.5, 0.6) is 0 Å². The molecular formula is C16H24N2O3. The number of carbonyl (C=O) groups excluding carboxylic acids is 1. The Kier molecular flexibility index (Phi) is 3.64. The van der Waals surface area contributed by atoms with Gasteiger partial charge < -0.3 is 9.30 Å². The van der Waals surface area contributed by atoms with E-state index in [1.165, 1.54) is 0 Å². The van der Waals surface area contributed by atoms with E-state index in [0.29, 0.717) is 6.54 Å². The van der Waals surface area contributed by atoms with Gasteiger partial charge in [-0.05, 0) is 52.7 Å². The Morgan fingerprint density at radius 2 is 1.81 bits per heavy atom. The first-order valence-corrected chi connectivity index (χ1v) is 7.23. The number of fused-ring (bicyclic) bond motifs is 1. The molecule has 2 rings (SSSR count). The maximum absolute atomic E-state index is 12.3. The average Bonchev–Trinajstić information content (AvgIpc) is 2.70. The van der Waals surface area contributed by atoms with Gasteiger partial charge in [0, 0.05) is 18.3 Å². The zero-order valence-corrected chi connectivity index (χ0v) is 13.9. The monoisotopic (exact) mass is 292 g/mol. The number of hydrogen-bond donors (Lipinski definition) is 0. The van der Waals surface area contributed by atoms with Crippen molar-refractivity contribution >= 4 is 6.09 Å². The Labute approximate surface area is 125 Å². The summed E-state index contributed by atoms with van der Waals surface area (Å²) in [6, 6.07) is -0.0830. The van der Waals surface area contributed by atoms with Gasteiger partial charge in [-0.1, -0.05) is 0 Å². The third-order valence-electron chi connectivity index (χ3n) is 4.14. The van der Waals surface area contributed by atoms with Crippen LogP contribution in [0.2, 0.25) is 0 Å². The van der Waals surface area contributed by atoms with E-state index < -0.39 is 5.60 Å². The largest absolute Gasteiger partial charge is 0.444 e. The van der Waals surface area contributed by atoms with Gasteiger partial charge >= 0.3 is 6.09 Å². The number of pyridine rings is 1. The fraction of sp³-hybridized carbons (Fsp3) is 0.625. The van der Waals surface area contributed by atoms with Crippen molar-refractivity contribution in [1.29, 1.82) is 0 Å². The smallest absolute Gasteiger partial charge is 0.411 e. The van der Waals surface area contributed by atoms with Gasteiger partial charge in [-0.25, -0.2) is 4.79 Å². The molecule has 0 fully saturated rings. The van der Waals surface area contributed by atoms with E-state index in [0.717, 1.165) is 22.4 Å². The Bertz CT molecular complexity index is 653. The number of amides is 1. The van der Waals surface area contributed by atoms with Crippen LogP contribution in [-0.4, -0.2) is 21.2 Å². The van der Waals surface area contributed by atoms with Gasteiger partial charge in [0.2, 0.25) is 0 Å². The van der Waals surface area contributed by atoms with E-state index >= 15 is 0 Å². The lowest BCUT2D eigenvalue weighted by atomic mass is 10.00. The first-order valence-electron chi connectivity index (χ1n) is 7.23. The van der Waals surface area contributed by atoms with E-state index in [-0.39, 0.29) is 17.7 Å². The molecule has 0 unspecified atom stereocenters. The first kappa shape index (κ1) is 15.6. The van der Waals surface area contributed by atoms with Crippen molar-refractivity contribution in [2.75, 3.05) is 0 Å². The predicted molar refractivity (Wildman–Crippen MR) is 81.3 cm³/mol.